The Hall–Kier alpha value is -3.55. The number of carbonyl (C=O) groups is 1. The van der Waals surface area contributed by atoms with Gasteiger partial charge in [-0.05, 0) is 36.2 Å². The van der Waals surface area contributed by atoms with Crippen LogP contribution in [0.25, 0.3) is 0 Å². The number of nitrogens with zero attached hydrogens (tertiary/aromatic N) is 2. The highest BCUT2D eigenvalue weighted by Gasteiger charge is 2.11. The molecule has 2 N–H and O–H groups in total. The van der Waals surface area contributed by atoms with Crippen LogP contribution in [0.1, 0.15) is 16.1 Å². The first-order chi connectivity index (χ1) is 13.6. The summed E-state index contributed by atoms with van der Waals surface area (Å²) in [5, 5.41) is 5.26. The summed E-state index contributed by atoms with van der Waals surface area (Å²) in [4.78, 5) is 20.1. The zero-order valence-corrected chi connectivity index (χ0v) is 15.1. The predicted molar refractivity (Wildman–Crippen MR) is 101 cm³/mol. The molecule has 1 heterocycles. The third-order valence-corrected chi connectivity index (χ3v) is 3.93. The highest BCUT2D eigenvalue weighted by Crippen LogP contribution is 2.21. The summed E-state index contributed by atoms with van der Waals surface area (Å²) in [6, 6.07) is 11.1. The number of benzene rings is 2. The Morgan fingerprint density at radius 3 is 2.50 bits per heavy atom. The number of hydrogen-bond acceptors (Lipinski definition) is 5. The van der Waals surface area contributed by atoms with Gasteiger partial charge in [0.1, 0.15) is 34.6 Å². The number of anilines is 2. The van der Waals surface area contributed by atoms with E-state index in [0.29, 0.717) is 13.0 Å². The lowest BCUT2D eigenvalue weighted by molar-refractivity contribution is 0.0949. The van der Waals surface area contributed by atoms with Crippen LogP contribution in [-0.2, 0) is 6.42 Å². The molecule has 3 rings (SSSR count). The molecule has 6 nitrogen and oxygen atoms in total. The summed E-state index contributed by atoms with van der Waals surface area (Å²) < 4.78 is 32.5. The van der Waals surface area contributed by atoms with Crippen LogP contribution in [0.3, 0.4) is 0 Å². The standard InChI is InChI=1S/C20H18F2N4O2/c1-28-14-5-2-4-13(10-14)8-9-23-20(27)17-11-25-18(12-24-17)26-19-15(21)6-3-7-16(19)22/h2-7,10-12H,8-9H2,1H3,(H,23,27)(H,25,26). The van der Waals surface area contributed by atoms with Crippen LogP contribution in [-0.4, -0.2) is 29.5 Å². The number of carbonyl (C=O) groups excluding carboxylic acids is 1. The predicted octanol–water partition coefficient (Wildman–Crippen LogP) is 3.48. The molecule has 0 spiro atoms. The van der Waals surface area contributed by atoms with Gasteiger partial charge in [0.05, 0.1) is 19.5 Å². The second-order valence-electron chi connectivity index (χ2n) is 5.87. The molecule has 0 saturated heterocycles. The maximum Gasteiger partial charge on any atom is 0.271 e. The molecule has 0 aliphatic heterocycles. The van der Waals surface area contributed by atoms with E-state index in [0.717, 1.165) is 23.4 Å². The minimum Gasteiger partial charge on any atom is -0.497 e. The second-order valence-corrected chi connectivity index (χ2v) is 5.87. The van der Waals surface area contributed by atoms with Crippen molar-refractivity contribution in [2.24, 2.45) is 0 Å². The third kappa shape index (κ3) is 4.79. The Bertz CT molecular complexity index is 944. The summed E-state index contributed by atoms with van der Waals surface area (Å²) in [5.74, 6) is -1.01. The first-order valence-corrected chi connectivity index (χ1v) is 8.51. The van der Waals surface area contributed by atoms with Crippen LogP contribution >= 0.6 is 0 Å². The third-order valence-electron chi connectivity index (χ3n) is 3.93. The molecule has 0 aliphatic rings. The molecule has 2 aromatic carbocycles. The monoisotopic (exact) mass is 384 g/mol. The topological polar surface area (TPSA) is 76.1 Å². The van der Waals surface area contributed by atoms with Crippen molar-refractivity contribution in [3.05, 3.63) is 77.8 Å². The van der Waals surface area contributed by atoms with Gasteiger partial charge in [-0.15, -0.1) is 0 Å². The van der Waals surface area contributed by atoms with Crippen molar-refractivity contribution in [1.29, 1.82) is 0 Å². The first kappa shape index (κ1) is 19.2. The molecule has 8 heteroatoms. The molecule has 0 bridgehead atoms. The molecule has 0 saturated carbocycles. The zero-order chi connectivity index (χ0) is 19.9. The summed E-state index contributed by atoms with van der Waals surface area (Å²) in [7, 11) is 1.60. The lowest BCUT2D eigenvalue weighted by Gasteiger charge is -2.09. The molecule has 3 aromatic rings. The Labute approximate surface area is 160 Å². The summed E-state index contributed by atoms with van der Waals surface area (Å²) in [5.41, 5.74) is 0.801. The van der Waals surface area contributed by atoms with Crippen LogP contribution in [0.5, 0.6) is 5.75 Å². The number of hydrogen-bond donors (Lipinski definition) is 2. The van der Waals surface area contributed by atoms with Gasteiger partial charge in [0.15, 0.2) is 0 Å². The Balaban J connectivity index is 1.56. The van der Waals surface area contributed by atoms with Gasteiger partial charge in [0, 0.05) is 6.54 Å². The van der Waals surface area contributed by atoms with Gasteiger partial charge < -0.3 is 15.4 Å². The van der Waals surface area contributed by atoms with Crippen LogP contribution in [0.15, 0.2) is 54.9 Å². The van der Waals surface area contributed by atoms with Crippen LogP contribution < -0.4 is 15.4 Å². The van der Waals surface area contributed by atoms with Crippen molar-refractivity contribution in [3.8, 4) is 5.75 Å². The molecule has 1 amide bonds. The highest BCUT2D eigenvalue weighted by atomic mass is 19.1. The van der Waals surface area contributed by atoms with Gasteiger partial charge in [-0.25, -0.2) is 18.7 Å². The van der Waals surface area contributed by atoms with E-state index < -0.39 is 11.6 Å². The van der Waals surface area contributed by atoms with Gasteiger partial charge in [0.2, 0.25) is 0 Å². The minimum atomic E-state index is -0.749. The summed E-state index contributed by atoms with van der Waals surface area (Å²) in [6.07, 6.45) is 3.10. The first-order valence-electron chi connectivity index (χ1n) is 8.51. The number of halogens is 2. The quantitative estimate of drug-likeness (QED) is 0.652. The molecule has 28 heavy (non-hydrogen) atoms. The van der Waals surface area contributed by atoms with Crippen LogP contribution in [0, 0.1) is 11.6 Å². The molecule has 0 fully saturated rings. The number of methoxy groups -OCH3 is 1. The molecule has 144 valence electrons. The number of para-hydroxylation sites is 1. The zero-order valence-electron chi connectivity index (χ0n) is 15.1. The molecule has 1 aromatic heterocycles. The number of ether oxygens (including phenoxy) is 1. The lowest BCUT2D eigenvalue weighted by Crippen LogP contribution is -2.26. The smallest absolute Gasteiger partial charge is 0.271 e. The van der Waals surface area contributed by atoms with Crippen molar-refractivity contribution in [2.75, 3.05) is 19.0 Å². The maximum atomic E-state index is 13.6. The fraction of sp³-hybridized carbons (Fsp3) is 0.150. The molecule has 0 unspecified atom stereocenters. The normalized spacial score (nSPS) is 10.4. The number of rotatable bonds is 7. The van der Waals surface area contributed by atoms with E-state index in [4.69, 9.17) is 4.74 Å². The number of aromatic nitrogens is 2. The summed E-state index contributed by atoms with van der Waals surface area (Å²) >= 11 is 0. The average Bonchev–Trinajstić information content (AvgIpc) is 2.71. The van der Waals surface area contributed by atoms with Crippen LogP contribution in [0.2, 0.25) is 0 Å². The number of amides is 1. The van der Waals surface area contributed by atoms with E-state index in [1.54, 1.807) is 7.11 Å². The van der Waals surface area contributed by atoms with Crippen LogP contribution in [0.4, 0.5) is 20.3 Å². The molecule has 0 radical (unpaired) electrons. The van der Waals surface area contributed by atoms with Gasteiger partial charge in [0.25, 0.3) is 5.91 Å². The largest absolute Gasteiger partial charge is 0.497 e. The van der Waals surface area contributed by atoms with E-state index in [2.05, 4.69) is 20.6 Å². The lowest BCUT2D eigenvalue weighted by atomic mass is 10.1. The van der Waals surface area contributed by atoms with E-state index in [1.807, 2.05) is 24.3 Å². The molecule has 0 atom stereocenters. The van der Waals surface area contributed by atoms with Gasteiger partial charge >= 0.3 is 0 Å². The van der Waals surface area contributed by atoms with Crippen molar-refractivity contribution in [2.45, 2.75) is 6.42 Å². The highest BCUT2D eigenvalue weighted by molar-refractivity contribution is 5.92. The Morgan fingerprint density at radius 1 is 1.07 bits per heavy atom. The van der Waals surface area contributed by atoms with Crippen molar-refractivity contribution >= 4 is 17.4 Å². The maximum absolute atomic E-state index is 13.6. The SMILES string of the molecule is COc1cccc(CCNC(=O)c2cnc(Nc3c(F)cccc3F)cn2)c1. The van der Waals surface area contributed by atoms with Gasteiger partial charge in [-0.1, -0.05) is 18.2 Å². The molecular weight excluding hydrogens is 366 g/mol. The van der Waals surface area contributed by atoms with E-state index >= 15 is 0 Å². The average molecular weight is 384 g/mol. The number of nitrogens with one attached hydrogen (secondary N) is 2. The Morgan fingerprint density at radius 2 is 1.82 bits per heavy atom. The Kier molecular flexibility index (Phi) is 6.11. The van der Waals surface area contributed by atoms with E-state index in [-0.39, 0.29) is 23.1 Å². The van der Waals surface area contributed by atoms with E-state index in [1.165, 1.54) is 18.5 Å². The van der Waals surface area contributed by atoms with Gasteiger partial charge in [-0.2, -0.15) is 0 Å². The molecular formula is C20H18F2N4O2. The van der Waals surface area contributed by atoms with Crippen molar-refractivity contribution < 1.29 is 18.3 Å². The van der Waals surface area contributed by atoms with Crippen molar-refractivity contribution in [3.63, 3.8) is 0 Å². The summed E-state index contributed by atoms with van der Waals surface area (Å²) in [6.45, 7) is 0.411. The molecule has 0 aliphatic carbocycles. The second kappa shape index (κ2) is 8.90. The van der Waals surface area contributed by atoms with Gasteiger partial charge in [-0.3, -0.25) is 4.79 Å². The fourth-order valence-corrected chi connectivity index (χ4v) is 2.49. The minimum absolute atomic E-state index is 0.102. The fourth-order valence-electron chi connectivity index (χ4n) is 2.49. The van der Waals surface area contributed by atoms with E-state index in [9.17, 15) is 13.6 Å². The van der Waals surface area contributed by atoms with Crippen molar-refractivity contribution in [1.82, 2.24) is 15.3 Å².